The van der Waals surface area contributed by atoms with Crippen molar-refractivity contribution in [2.45, 2.75) is 27.2 Å². The van der Waals surface area contributed by atoms with Gasteiger partial charge in [0.25, 0.3) is 0 Å². The Balaban J connectivity index is 3.99. The maximum absolute atomic E-state index is 11.8. The molecule has 0 aromatic heterocycles. The molecule has 0 heterocycles. The number of ketones is 1. The quantitative estimate of drug-likeness (QED) is 0.347. The second kappa shape index (κ2) is 8.20. The minimum Gasteiger partial charge on any atom is -0.465 e. The molecule has 0 aromatic carbocycles. The Labute approximate surface area is 102 Å². The number of esters is 1. The van der Waals surface area contributed by atoms with E-state index in [9.17, 15) is 9.59 Å². The molecular formula is C12H22O5. The van der Waals surface area contributed by atoms with Crippen molar-refractivity contribution in [2.75, 3.05) is 33.5 Å². The Kier molecular flexibility index (Phi) is 7.74. The Hall–Kier alpha value is -0.940. The number of rotatable bonds is 9. The van der Waals surface area contributed by atoms with Gasteiger partial charge in [0, 0.05) is 13.5 Å². The van der Waals surface area contributed by atoms with E-state index in [1.165, 1.54) is 0 Å². The predicted molar refractivity (Wildman–Crippen MR) is 62.7 cm³/mol. The van der Waals surface area contributed by atoms with E-state index in [2.05, 4.69) is 0 Å². The van der Waals surface area contributed by atoms with E-state index in [4.69, 9.17) is 14.2 Å². The molecule has 0 spiro atoms. The number of methoxy groups -OCH3 is 1. The van der Waals surface area contributed by atoms with Crippen LogP contribution in [0.4, 0.5) is 0 Å². The highest BCUT2D eigenvalue weighted by molar-refractivity contribution is 6.02. The summed E-state index contributed by atoms with van der Waals surface area (Å²) in [5.74, 6) is -0.657. The molecule has 0 atom stereocenters. The highest BCUT2D eigenvalue weighted by Gasteiger charge is 2.36. The van der Waals surface area contributed by atoms with Crippen LogP contribution in [-0.4, -0.2) is 45.3 Å². The lowest BCUT2D eigenvalue weighted by molar-refractivity contribution is -0.158. The van der Waals surface area contributed by atoms with E-state index in [1.807, 2.05) is 0 Å². The van der Waals surface area contributed by atoms with E-state index in [1.54, 1.807) is 27.9 Å². The van der Waals surface area contributed by atoms with Gasteiger partial charge in [-0.15, -0.1) is 0 Å². The van der Waals surface area contributed by atoms with Crippen molar-refractivity contribution < 1.29 is 23.8 Å². The van der Waals surface area contributed by atoms with Crippen LogP contribution in [0.3, 0.4) is 0 Å². The first-order valence-electron chi connectivity index (χ1n) is 5.74. The van der Waals surface area contributed by atoms with Crippen LogP contribution in [0.25, 0.3) is 0 Å². The van der Waals surface area contributed by atoms with E-state index >= 15 is 0 Å². The number of carbonyl (C=O) groups excluding carboxylic acids is 2. The van der Waals surface area contributed by atoms with Crippen LogP contribution in [0.2, 0.25) is 0 Å². The van der Waals surface area contributed by atoms with Crippen molar-refractivity contribution in [2.24, 2.45) is 5.41 Å². The summed E-state index contributed by atoms with van der Waals surface area (Å²) in [5, 5.41) is 0. The van der Waals surface area contributed by atoms with Gasteiger partial charge < -0.3 is 14.2 Å². The normalized spacial score (nSPS) is 11.3. The average molecular weight is 246 g/mol. The van der Waals surface area contributed by atoms with Crippen molar-refractivity contribution in [1.29, 1.82) is 0 Å². The lowest BCUT2D eigenvalue weighted by Crippen LogP contribution is -2.35. The van der Waals surface area contributed by atoms with Gasteiger partial charge in [-0.25, -0.2) is 0 Å². The van der Waals surface area contributed by atoms with Gasteiger partial charge in [-0.05, 0) is 20.8 Å². The lowest BCUT2D eigenvalue weighted by Gasteiger charge is -2.20. The molecule has 100 valence electrons. The predicted octanol–water partition coefficient (Wildman–Crippen LogP) is 1.20. The lowest BCUT2D eigenvalue weighted by atomic mass is 9.86. The van der Waals surface area contributed by atoms with Gasteiger partial charge in [-0.1, -0.05) is 0 Å². The van der Waals surface area contributed by atoms with Crippen molar-refractivity contribution in [1.82, 2.24) is 0 Å². The zero-order chi connectivity index (χ0) is 13.3. The molecule has 0 fully saturated rings. The summed E-state index contributed by atoms with van der Waals surface area (Å²) in [6, 6.07) is 0. The highest BCUT2D eigenvalue weighted by Crippen LogP contribution is 2.20. The standard InChI is InChI=1S/C12H22O5/c1-5-17-11(14)12(2,3)10(13)6-7-16-9-8-15-4/h5-9H2,1-4H3. The fraction of sp³-hybridized carbons (Fsp3) is 0.833. The first-order chi connectivity index (χ1) is 7.96. The third-order valence-electron chi connectivity index (χ3n) is 2.39. The van der Waals surface area contributed by atoms with Crippen molar-refractivity contribution in [3.63, 3.8) is 0 Å². The summed E-state index contributed by atoms with van der Waals surface area (Å²) in [6.07, 6.45) is 0.204. The van der Waals surface area contributed by atoms with Crippen molar-refractivity contribution in [3.8, 4) is 0 Å². The molecule has 0 amide bonds. The largest absolute Gasteiger partial charge is 0.465 e. The molecule has 0 saturated carbocycles. The maximum Gasteiger partial charge on any atom is 0.319 e. The molecule has 0 aromatic rings. The summed E-state index contributed by atoms with van der Waals surface area (Å²) in [5.41, 5.74) is -1.10. The van der Waals surface area contributed by atoms with Gasteiger partial charge in [0.1, 0.15) is 5.41 Å². The molecule has 0 aliphatic carbocycles. The smallest absolute Gasteiger partial charge is 0.319 e. The average Bonchev–Trinajstić information content (AvgIpc) is 2.28. The van der Waals surface area contributed by atoms with Gasteiger partial charge >= 0.3 is 5.97 Å². The Morgan fingerprint density at radius 2 is 1.76 bits per heavy atom. The third-order valence-corrected chi connectivity index (χ3v) is 2.39. The molecule has 0 aliphatic heterocycles. The van der Waals surface area contributed by atoms with Crippen LogP contribution in [0.5, 0.6) is 0 Å². The van der Waals surface area contributed by atoms with Crippen molar-refractivity contribution >= 4 is 11.8 Å². The van der Waals surface area contributed by atoms with Gasteiger partial charge in [-0.3, -0.25) is 9.59 Å². The zero-order valence-corrected chi connectivity index (χ0v) is 11.1. The third kappa shape index (κ3) is 5.79. The zero-order valence-electron chi connectivity index (χ0n) is 11.1. The van der Waals surface area contributed by atoms with E-state index in [0.717, 1.165) is 0 Å². The van der Waals surface area contributed by atoms with Crippen LogP contribution >= 0.6 is 0 Å². The molecule has 17 heavy (non-hydrogen) atoms. The van der Waals surface area contributed by atoms with Gasteiger partial charge in [0.05, 0.1) is 26.4 Å². The minimum absolute atomic E-state index is 0.173. The molecule has 5 nitrogen and oxygen atoms in total. The maximum atomic E-state index is 11.8. The summed E-state index contributed by atoms with van der Waals surface area (Å²) >= 11 is 0. The molecule has 0 rings (SSSR count). The van der Waals surface area contributed by atoms with Crippen LogP contribution < -0.4 is 0 Å². The molecule has 0 aliphatic rings. The molecule has 0 N–H and O–H groups in total. The van der Waals surface area contributed by atoms with E-state index < -0.39 is 11.4 Å². The molecule has 0 bridgehead atoms. The van der Waals surface area contributed by atoms with Gasteiger partial charge in [0.2, 0.25) is 0 Å². The minimum atomic E-state index is -1.10. The first-order valence-corrected chi connectivity index (χ1v) is 5.74. The summed E-state index contributed by atoms with van der Waals surface area (Å²) < 4.78 is 14.8. The van der Waals surface area contributed by atoms with Crippen LogP contribution in [0.1, 0.15) is 27.2 Å². The number of Topliss-reactive ketones (excluding diaryl/α,β-unsaturated/α-hetero) is 1. The SMILES string of the molecule is CCOC(=O)C(C)(C)C(=O)CCOCCOC. The van der Waals surface area contributed by atoms with Crippen LogP contribution in [-0.2, 0) is 23.8 Å². The van der Waals surface area contributed by atoms with Crippen molar-refractivity contribution in [3.05, 3.63) is 0 Å². The fourth-order valence-corrected chi connectivity index (χ4v) is 1.15. The summed E-state index contributed by atoms with van der Waals surface area (Å²) in [7, 11) is 1.58. The van der Waals surface area contributed by atoms with Crippen LogP contribution in [0.15, 0.2) is 0 Å². The van der Waals surface area contributed by atoms with E-state index in [0.29, 0.717) is 19.8 Å². The van der Waals surface area contributed by atoms with Crippen LogP contribution in [0, 0.1) is 5.41 Å². The highest BCUT2D eigenvalue weighted by atomic mass is 16.5. The molecule has 0 saturated heterocycles. The first kappa shape index (κ1) is 16.1. The topological polar surface area (TPSA) is 61.8 Å². The fourth-order valence-electron chi connectivity index (χ4n) is 1.15. The van der Waals surface area contributed by atoms with Gasteiger partial charge in [0.15, 0.2) is 5.78 Å². The Bertz CT molecular complexity index is 247. The molecular weight excluding hydrogens is 224 g/mol. The number of ether oxygens (including phenoxy) is 3. The second-order valence-electron chi connectivity index (χ2n) is 4.12. The number of hydrogen-bond acceptors (Lipinski definition) is 5. The summed E-state index contributed by atoms with van der Waals surface area (Å²) in [6.45, 7) is 6.38. The second-order valence-corrected chi connectivity index (χ2v) is 4.12. The molecule has 5 heteroatoms. The van der Waals surface area contributed by atoms with E-state index in [-0.39, 0.29) is 18.8 Å². The number of hydrogen-bond donors (Lipinski definition) is 0. The molecule has 0 radical (unpaired) electrons. The monoisotopic (exact) mass is 246 g/mol. The summed E-state index contributed by atoms with van der Waals surface area (Å²) in [4.78, 5) is 23.3. The number of carbonyl (C=O) groups is 2. The Morgan fingerprint density at radius 3 is 2.29 bits per heavy atom. The Morgan fingerprint density at radius 1 is 1.12 bits per heavy atom. The van der Waals surface area contributed by atoms with Gasteiger partial charge in [-0.2, -0.15) is 0 Å². The molecule has 0 unspecified atom stereocenters.